The van der Waals surface area contributed by atoms with Crippen LogP contribution in [0.5, 0.6) is 0 Å². The molecule has 1 heterocycles. The molecule has 3 aromatic rings. The minimum Gasteiger partial charge on any atom is -0.383 e. The van der Waals surface area contributed by atoms with Crippen molar-refractivity contribution in [1.29, 1.82) is 0 Å². The first kappa shape index (κ1) is 20.3. The predicted molar refractivity (Wildman–Crippen MR) is 116 cm³/mol. The Morgan fingerprint density at radius 3 is 2.60 bits per heavy atom. The van der Waals surface area contributed by atoms with Crippen LogP contribution in [0.3, 0.4) is 0 Å². The number of hydrogen-bond acceptors (Lipinski definition) is 4. The van der Waals surface area contributed by atoms with Crippen molar-refractivity contribution in [3.8, 4) is 0 Å². The SMILES string of the molecule is COCCN(Cc1ccccc1)C(=O)CCc1nc2ccccc2c(=O)n1C1CC1. The van der Waals surface area contributed by atoms with Crippen LogP contribution in [-0.2, 0) is 22.5 Å². The zero-order chi connectivity index (χ0) is 20.9. The number of para-hydroxylation sites is 1. The largest absolute Gasteiger partial charge is 0.383 e. The lowest BCUT2D eigenvalue weighted by molar-refractivity contribution is -0.132. The van der Waals surface area contributed by atoms with Gasteiger partial charge in [0.05, 0.1) is 17.5 Å². The molecule has 6 nitrogen and oxygen atoms in total. The minimum absolute atomic E-state index is 0.00562. The van der Waals surface area contributed by atoms with Crippen molar-refractivity contribution in [2.45, 2.75) is 38.3 Å². The number of nitrogens with zero attached hydrogens (tertiary/aromatic N) is 3. The minimum atomic E-state index is 0.00562. The molecule has 0 atom stereocenters. The van der Waals surface area contributed by atoms with Crippen molar-refractivity contribution >= 4 is 16.8 Å². The molecule has 1 fully saturated rings. The lowest BCUT2D eigenvalue weighted by Crippen LogP contribution is -2.34. The Labute approximate surface area is 176 Å². The van der Waals surface area contributed by atoms with Gasteiger partial charge in [0.15, 0.2) is 0 Å². The summed E-state index contributed by atoms with van der Waals surface area (Å²) in [6.07, 6.45) is 2.76. The number of fused-ring (bicyclic) bond motifs is 1. The summed E-state index contributed by atoms with van der Waals surface area (Å²) in [5, 5.41) is 0.644. The third-order valence-corrected chi connectivity index (χ3v) is 5.49. The molecule has 30 heavy (non-hydrogen) atoms. The van der Waals surface area contributed by atoms with Gasteiger partial charge in [-0.1, -0.05) is 42.5 Å². The molecule has 0 saturated heterocycles. The van der Waals surface area contributed by atoms with Crippen molar-refractivity contribution in [2.75, 3.05) is 20.3 Å². The molecule has 1 aliphatic carbocycles. The van der Waals surface area contributed by atoms with E-state index in [1.165, 1.54) is 0 Å². The number of carbonyl (C=O) groups is 1. The van der Waals surface area contributed by atoms with Gasteiger partial charge in [-0.15, -0.1) is 0 Å². The summed E-state index contributed by atoms with van der Waals surface area (Å²) in [6.45, 7) is 1.56. The summed E-state index contributed by atoms with van der Waals surface area (Å²) in [4.78, 5) is 32.6. The lowest BCUT2D eigenvalue weighted by Gasteiger charge is -2.23. The second kappa shape index (κ2) is 9.22. The number of hydrogen-bond donors (Lipinski definition) is 0. The summed E-state index contributed by atoms with van der Waals surface area (Å²) >= 11 is 0. The van der Waals surface area contributed by atoms with Crippen LogP contribution in [0.15, 0.2) is 59.4 Å². The molecule has 0 aliphatic heterocycles. The predicted octanol–water partition coefficient (Wildman–Crippen LogP) is 3.34. The van der Waals surface area contributed by atoms with E-state index in [9.17, 15) is 9.59 Å². The van der Waals surface area contributed by atoms with E-state index in [0.717, 1.165) is 18.4 Å². The molecule has 0 spiro atoms. The quantitative estimate of drug-likeness (QED) is 0.548. The molecular formula is C24H27N3O3. The Hall–Kier alpha value is -2.99. The fourth-order valence-corrected chi connectivity index (χ4v) is 3.75. The third kappa shape index (κ3) is 4.60. The van der Waals surface area contributed by atoms with Gasteiger partial charge in [0.1, 0.15) is 5.82 Å². The number of aromatic nitrogens is 2. The molecule has 0 radical (unpaired) electrons. The van der Waals surface area contributed by atoms with Gasteiger partial charge in [0.25, 0.3) is 5.56 Å². The molecule has 1 aromatic heterocycles. The number of amides is 1. The van der Waals surface area contributed by atoms with Gasteiger partial charge in [0, 0.05) is 39.1 Å². The van der Waals surface area contributed by atoms with Crippen LogP contribution in [0.2, 0.25) is 0 Å². The fraction of sp³-hybridized carbons (Fsp3) is 0.375. The zero-order valence-corrected chi connectivity index (χ0v) is 17.3. The van der Waals surface area contributed by atoms with Crippen molar-refractivity contribution in [2.24, 2.45) is 0 Å². The fourth-order valence-electron chi connectivity index (χ4n) is 3.75. The highest BCUT2D eigenvalue weighted by Gasteiger charge is 2.28. The average Bonchev–Trinajstić information content (AvgIpc) is 3.61. The molecule has 4 rings (SSSR count). The van der Waals surface area contributed by atoms with Crippen molar-refractivity contribution in [1.82, 2.24) is 14.5 Å². The standard InChI is InChI=1S/C24H27N3O3/c1-30-16-15-26(17-18-7-3-2-4-8-18)23(28)14-13-22-25-21-10-6-5-9-20(21)24(29)27(22)19-11-12-19/h2-10,19H,11-17H2,1H3. The van der Waals surface area contributed by atoms with Gasteiger partial charge < -0.3 is 9.64 Å². The Morgan fingerprint density at radius 2 is 1.87 bits per heavy atom. The highest BCUT2D eigenvalue weighted by atomic mass is 16.5. The van der Waals surface area contributed by atoms with Crippen LogP contribution in [0, 0.1) is 0 Å². The van der Waals surface area contributed by atoms with E-state index >= 15 is 0 Å². The number of ether oxygens (including phenoxy) is 1. The van der Waals surface area contributed by atoms with Crippen molar-refractivity contribution < 1.29 is 9.53 Å². The maximum absolute atomic E-state index is 13.0. The maximum Gasteiger partial charge on any atom is 0.261 e. The highest BCUT2D eigenvalue weighted by molar-refractivity contribution is 5.78. The maximum atomic E-state index is 13.0. The molecular weight excluding hydrogens is 378 g/mol. The van der Waals surface area contributed by atoms with Crippen LogP contribution in [-0.4, -0.2) is 40.6 Å². The Balaban J connectivity index is 1.53. The summed E-state index contributed by atoms with van der Waals surface area (Å²) in [5.74, 6) is 0.751. The summed E-state index contributed by atoms with van der Waals surface area (Å²) in [7, 11) is 1.64. The van der Waals surface area contributed by atoms with Gasteiger partial charge >= 0.3 is 0 Å². The lowest BCUT2D eigenvalue weighted by atomic mass is 10.2. The average molecular weight is 405 g/mol. The molecule has 2 aromatic carbocycles. The number of carbonyl (C=O) groups excluding carboxylic acids is 1. The van der Waals surface area contributed by atoms with Gasteiger partial charge in [-0.2, -0.15) is 0 Å². The Morgan fingerprint density at radius 1 is 1.13 bits per heavy atom. The van der Waals surface area contributed by atoms with Crippen LogP contribution >= 0.6 is 0 Å². The Kier molecular flexibility index (Phi) is 6.23. The topological polar surface area (TPSA) is 64.4 Å². The molecule has 0 unspecified atom stereocenters. The van der Waals surface area contributed by atoms with E-state index in [0.29, 0.717) is 49.3 Å². The molecule has 0 bridgehead atoms. The number of rotatable bonds is 9. The van der Waals surface area contributed by atoms with Gasteiger partial charge in [0.2, 0.25) is 5.91 Å². The number of aryl methyl sites for hydroxylation is 1. The highest BCUT2D eigenvalue weighted by Crippen LogP contribution is 2.35. The van der Waals surface area contributed by atoms with Crippen molar-refractivity contribution in [3.63, 3.8) is 0 Å². The van der Waals surface area contributed by atoms with E-state index < -0.39 is 0 Å². The second-order valence-electron chi connectivity index (χ2n) is 7.75. The van der Waals surface area contributed by atoms with E-state index in [1.54, 1.807) is 7.11 Å². The first-order valence-corrected chi connectivity index (χ1v) is 10.5. The molecule has 1 aliphatic rings. The van der Waals surface area contributed by atoms with Crippen LogP contribution in [0.1, 0.15) is 36.7 Å². The van der Waals surface area contributed by atoms with Crippen molar-refractivity contribution in [3.05, 3.63) is 76.3 Å². The second-order valence-corrected chi connectivity index (χ2v) is 7.75. The van der Waals surface area contributed by atoms with Gasteiger partial charge in [-0.25, -0.2) is 4.98 Å². The number of benzene rings is 2. The first-order valence-electron chi connectivity index (χ1n) is 10.5. The smallest absolute Gasteiger partial charge is 0.261 e. The monoisotopic (exact) mass is 405 g/mol. The molecule has 6 heteroatoms. The van der Waals surface area contributed by atoms with Crippen LogP contribution in [0.4, 0.5) is 0 Å². The van der Waals surface area contributed by atoms with E-state index in [1.807, 2.05) is 64.1 Å². The summed E-state index contributed by atoms with van der Waals surface area (Å²) < 4.78 is 7.01. The van der Waals surface area contributed by atoms with Crippen LogP contribution < -0.4 is 5.56 Å². The third-order valence-electron chi connectivity index (χ3n) is 5.49. The molecule has 0 N–H and O–H groups in total. The Bertz CT molecular complexity index is 1070. The summed E-state index contributed by atoms with van der Waals surface area (Å²) in [6, 6.07) is 17.6. The van der Waals surface area contributed by atoms with E-state index in [2.05, 4.69) is 0 Å². The van der Waals surface area contributed by atoms with E-state index in [-0.39, 0.29) is 17.5 Å². The summed E-state index contributed by atoms with van der Waals surface area (Å²) in [5.41, 5.74) is 1.79. The number of methoxy groups -OCH3 is 1. The van der Waals surface area contributed by atoms with Gasteiger partial charge in [-0.05, 0) is 30.5 Å². The van der Waals surface area contributed by atoms with E-state index in [4.69, 9.17) is 9.72 Å². The molecule has 1 saturated carbocycles. The van der Waals surface area contributed by atoms with Gasteiger partial charge in [-0.3, -0.25) is 14.2 Å². The molecule has 1 amide bonds. The molecule has 156 valence electrons. The normalized spacial score (nSPS) is 13.5. The van der Waals surface area contributed by atoms with Crippen LogP contribution in [0.25, 0.3) is 10.9 Å². The first-order chi connectivity index (χ1) is 14.7. The zero-order valence-electron chi connectivity index (χ0n) is 17.3.